The summed E-state index contributed by atoms with van der Waals surface area (Å²) < 4.78 is 42.3. The number of hydrogen-bond acceptors (Lipinski definition) is 5. The summed E-state index contributed by atoms with van der Waals surface area (Å²) >= 11 is 6.35. The van der Waals surface area contributed by atoms with Crippen molar-refractivity contribution in [1.82, 2.24) is 19.2 Å². The van der Waals surface area contributed by atoms with Gasteiger partial charge in [0.15, 0.2) is 11.3 Å². The van der Waals surface area contributed by atoms with Crippen LogP contribution in [0, 0.1) is 0 Å². The van der Waals surface area contributed by atoms with Crippen molar-refractivity contribution in [2.24, 2.45) is 0 Å². The third kappa shape index (κ3) is 4.14. The Labute approximate surface area is 197 Å². The Morgan fingerprint density at radius 3 is 2.47 bits per heavy atom. The van der Waals surface area contributed by atoms with Crippen LogP contribution in [0.25, 0.3) is 5.65 Å². The number of carbonyl (C=O) groups excluding carboxylic acids is 2. The topological polar surface area (TPSA) is 98.4 Å². The van der Waals surface area contributed by atoms with Crippen LogP contribution in [-0.2, 0) is 11.0 Å². The van der Waals surface area contributed by atoms with E-state index < -0.39 is 35.5 Å². The molecule has 12 heteroatoms. The lowest BCUT2D eigenvalue weighted by molar-refractivity contribution is -0.141. The molecular formula is C22H24ClF3N4O4. The largest absolute Gasteiger partial charge is 0.419 e. The second-order valence-corrected chi connectivity index (χ2v) is 9.68. The molecule has 2 saturated carbocycles. The maximum absolute atomic E-state index is 13.7. The maximum atomic E-state index is 13.7. The van der Waals surface area contributed by atoms with Gasteiger partial charge in [0.05, 0.1) is 17.8 Å². The monoisotopic (exact) mass is 500 g/mol. The minimum Gasteiger partial charge on any atom is -0.390 e. The fourth-order valence-corrected chi connectivity index (χ4v) is 5.16. The second-order valence-electron chi connectivity index (χ2n) is 9.32. The zero-order valence-electron chi connectivity index (χ0n) is 18.1. The fraction of sp³-hybridized carbons (Fsp3) is 0.591. The Morgan fingerprint density at radius 1 is 1.12 bits per heavy atom. The molecule has 184 valence electrons. The number of halogens is 4. The molecule has 8 nitrogen and oxygen atoms in total. The average Bonchev–Trinajstić information content (AvgIpc) is 3.58. The van der Waals surface area contributed by atoms with Gasteiger partial charge in [0, 0.05) is 25.3 Å². The molecule has 3 fully saturated rings. The predicted octanol–water partition coefficient (Wildman–Crippen LogP) is 2.44. The molecule has 2 aromatic heterocycles. The van der Waals surface area contributed by atoms with Crippen molar-refractivity contribution in [3.8, 4) is 0 Å². The van der Waals surface area contributed by atoms with Crippen LogP contribution in [0.4, 0.5) is 13.2 Å². The summed E-state index contributed by atoms with van der Waals surface area (Å²) in [6, 6.07) is 0.833. The van der Waals surface area contributed by atoms with Crippen LogP contribution in [0.2, 0.25) is 5.15 Å². The Hall–Kier alpha value is -2.37. The van der Waals surface area contributed by atoms with Crippen molar-refractivity contribution in [2.75, 3.05) is 19.6 Å². The Morgan fingerprint density at radius 2 is 1.85 bits per heavy atom. The summed E-state index contributed by atoms with van der Waals surface area (Å²) in [6.45, 7) is 0.101. The number of amides is 2. The number of nitrogens with zero attached hydrogens (tertiary/aromatic N) is 4. The molecule has 0 radical (unpaired) electrons. The third-order valence-corrected chi connectivity index (χ3v) is 7.34. The number of aliphatic hydroxyl groups is 2. The molecule has 34 heavy (non-hydrogen) atoms. The molecule has 2 aromatic rings. The number of rotatable bonds is 3. The average molecular weight is 501 g/mol. The van der Waals surface area contributed by atoms with Crippen LogP contribution in [-0.4, -0.2) is 79.1 Å². The summed E-state index contributed by atoms with van der Waals surface area (Å²) in [5.41, 5.74) is -1.21. The molecule has 1 aliphatic heterocycles. The lowest BCUT2D eigenvalue weighted by Crippen LogP contribution is -2.57. The molecule has 0 unspecified atom stereocenters. The zero-order chi connectivity index (χ0) is 24.4. The molecule has 0 spiro atoms. The van der Waals surface area contributed by atoms with E-state index in [1.54, 1.807) is 4.90 Å². The standard InChI is InChI=1S/C22H24ClF3N4O4/c23-19-18(27-20-14(22(24,25)26)7-12(9-30(19)20)11-1-2-11)21(34)28-5-6-29(17(33)10-28)13-3-4-15(31)16(32)8-13/h7,9,11,13,15-16,31-32H,1-6,8,10H2/t13-,15-,16+/m1/s1. The molecule has 2 N–H and O–H groups in total. The highest BCUT2D eigenvalue weighted by atomic mass is 35.5. The molecule has 2 aliphatic carbocycles. The fourth-order valence-electron chi connectivity index (χ4n) is 4.91. The molecule has 1 saturated heterocycles. The zero-order valence-corrected chi connectivity index (χ0v) is 18.9. The van der Waals surface area contributed by atoms with Gasteiger partial charge in [-0.05, 0) is 49.7 Å². The molecule has 0 aromatic carbocycles. The SMILES string of the molecule is O=C(c1nc2c(C(F)(F)F)cc(C3CC3)cn2c1Cl)N1CCN([C@@H]2CC[C@@H](O)[C@@H](O)C2)C(=O)C1. The maximum Gasteiger partial charge on any atom is 0.419 e. The van der Waals surface area contributed by atoms with Crippen LogP contribution < -0.4 is 0 Å². The molecule has 2 amide bonds. The van der Waals surface area contributed by atoms with E-state index >= 15 is 0 Å². The number of fused-ring (bicyclic) bond motifs is 1. The predicted molar refractivity (Wildman–Crippen MR) is 114 cm³/mol. The molecule has 3 aliphatic rings. The Balaban J connectivity index is 1.39. The number of piperazine rings is 1. The van der Waals surface area contributed by atoms with Gasteiger partial charge in [-0.15, -0.1) is 0 Å². The van der Waals surface area contributed by atoms with Gasteiger partial charge in [-0.2, -0.15) is 13.2 Å². The lowest BCUT2D eigenvalue weighted by atomic mass is 9.89. The quantitative estimate of drug-likeness (QED) is 0.674. The Kier molecular flexibility index (Phi) is 5.77. The molecule has 0 bridgehead atoms. The lowest BCUT2D eigenvalue weighted by Gasteiger charge is -2.42. The number of pyridine rings is 1. The first-order chi connectivity index (χ1) is 16.0. The van der Waals surface area contributed by atoms with E-state index in [-0.39, 0.29) is 54.8 Å². The van der Waals surface area contributed by atoms with Crippen molar-refractivity contribution in [3.63, 3.8) is 0 Å². The van der Waals surface area contributed by atoms with Crippen molar-refractivity contribution in [3.05, 3.63) is 34.2 Å². The van der Waals surface area contributed by atoms with E-state index in [1.165, 1.54) is 11.1 Å². The van der Waals surface area contributed by atoms with Gasteiger partial charge in [0.2, 0.25) is 5.91 Å². The minimum absolute atomic E-state index is 0.0354. The summed E-state index contributed by atoms with van der Waals surface area (Å²) in [7, 11) is 0. The molecule has 3 heterocycles. The van der Waals surface area contributed by atoms with Crippen molar-refractivity contribution in [1.29, 1.82) is 0 Å². The minimum atomic E-state index is -4.67. The van der Waals surface area contributed by atoms with Crippen molar-refractivity contribution < 1.29 is 33.0 Å². The van der Waals surface area contributed by atoms with E-state index in [0.717, 1.165) is 23.3 Å². The van der Waals surface area contributed by atoms with E-state index in [1.807, 2.05) is 0 Å². The summed E-state index contributed by atoms with van der Waals surface area (Å²) in [5.74, 6) is -1.00. The van der Waals surface area contributed by atoms with Gasteiger partial charge in [-0.1, -0.05) is 11.6 Å². The summed E-state index contributed by atoms with van der Waals surface area (Å²) in [4.78, 5) is 32.7. The number of alkyl halides is 3. The van der Waals surface area contributed by atoms with Gasteiger partial charge in [0.25, 0.3) is 5.91 Å². The Bertz CT molecular complexity index is 1150. The van der Waals surface area contributed by atoms with E-state index in [9.17, 15) is 33.0 Å². The van der Waals surface area contributed by atoms with Gasteiger partial charge >= 0.3 is 6.18 Å². The van der Waals surface area contributed by atoms with Crippen LogP contribution in [0.5, 0.6) is 0 Å². The summed E-state index contributed by atoms with van der Waals surface area (Å²) in [6.07, 6.45) is -2.13. The number of imidazole rings is 1. The van der Waals surface area contributed by atoms with Crippen LogP contribution in [0.15, 0.2) is 12.3 Å². The van der Waals surface area contributed by atoms with Crippen molar-refractivity contribution >= 4 is 29.1 Å². The van der Waals surface area contributed by atoms with E-state index in [4.69, 9.17) is 11.6 Å². The smallest absolute Gasteiger partial charge is 0.390 e. The van der Waals surface area contributed by atoms with Gasteiger partial charge in [-0.25, -0.2) is 4.98 Å². The van der Waals surface area contributed by atoms with Crippen LogP contribution in [0.1, 0.15) is 59.6 Å². The van der Waals surface area contributed by atoms with Crippen LogP contribution in [0.3, 0.4) is 0 Å². The summed E-state index contributed by atoms with van der Waals surface area (Å²) in [5, 5.41) is 19.4. The first-order valence-corrected chi connectivity index (χ1v) is 11.7. The molecular weight excluding hydrogens is 477 g/mol. The van der Waals surface area contributed by atoms with E-state index in [0.29, 0.717) is 18.4 Å². The normalized spacial score (nSPS) is 26.4. The highest BCUT2D eigenvalue weighted by molar-refractivity contribution is 6.33. The van der Waals surface area contributed by atoms with Gasteiger partial charge in [-0.3, -0.25) is 14.0 Å². The molecule has 3 atom stereocenters. The number of hydrogen-bond donors (Lipinski definition) is 2. The van der Waals surface area contributed by atoms with Gasteiger partial charge < -0.3 is 20.0 Å². The van der Waals surface area contributed by atoms with E-state index in [2.05, 4.69) is 4.98 Å². The molecule has 5 rings (SSSR count). The van der Waals surface area contributed by atoms with Gasteiger partial charge in [0.1, 0.15) is 11.7 Å². The van der Waals surface area contributed by atoms with Crippen LogP contribution >= 0.6 is 11.6 Å². The number of carbonyl (C=O) groups is 2. The second kappa shape index (κ2) is 8.39. The first kappa shape index (κ1) is 23.4. The number of aliphatic hydroxyl groups excluding tert-OH is 2. The number of aromatic nitrogens is 2. The first-order valence-electron chi connectivity index (χ1n) is 11.3. The highest BCUT2D eigenvalue weighted by Gasteiger charge is 2.40. The van der Waals surface area contributed by atoms with Crippen molar-refractivity contribution in [2.45, 2.75) is 62.4 Å². The highest BCUT2D eigenvalue weighted by Crippen LogP contribution is 2.43. The third-order valence-electron chi connectivity index (χ3n) is 6.98.